The summed E-state index contributed by atoms with van der Waals surface area (Å²) in [4.78, 5) is 9.68. The average molecular weight is 335 g/mol. The molecule has 0 saturated heterocycles. The van der Waals surface area contributed by atoms with Gasteiger partial charge in [0.1, 0.15) is 12.1 Å². The number of imidazole rings is 1. The molecule has 0 atom stereocenters. The van der Waals surface area contributed by atoms with Gasteiger partial charge in [-0.3, -0.25) is 4.57 Å². The van der Waals surface area contributed by atoms with Crippen molar-refractivity contribution < 1.29 is 0 Å². The van der Waals surface area contributed by atoms with E-state index in [1.807, 2.05) is 29.1 Å². The van der Waals surface area contributed by atoms with E-state index in [0.717, 1.165) is 21.8 Å². The molecule has 3 aromatic rings. The number of anilines is 1. The van der Waals surface area contributed by atoms with E-state index < -0.39 is 0 Å². The van der Waals surface area contributed by atoms with Crippen LogP contribution in [0.5, 0.6) is 0 Å². The summed E-state index contributed by atoms with van der Waals surface area (Å²) >= 11 is 5.19. The molecular formula is C13H11BrN4S. The zero-order valence-corrected chi connectivity index (χ0v) is 12.4. The lowest BCUT2D eigenvalue weighted by molar-refractivity contribution is 0.991. The van der Waals surface area contributed by atoms with Gasteiger partial charge in [0.15, 0.2) is 0 Å². The highest BCUT2D eigenvalue weighted by molar-refractivity contribution is 9.11. The van der Waals surface area contributed by atoms with Crippen LogP contribution in [-0.2, 0) is 6.54 Å². The van der Waals surface area contributed by atoms with Gasteiger partial charge >= 0.3 is 0 Å². The maximum Gasteiger partial charge on any atom is 0.137 e. The van der Waals surface area contributed by atoms with Crippen molar-refractivity contribution in [2.45, 2.75) is 6.54 Å². The van der Waals surface area contributed by atoms with Crippen molar-refractivity contribution in [2.24, 2.45) is 0 Å². The Labute approximate surface area is 123 Å². The van der Waals surface area contributed by atoms with Crippen molar-refractivity contribution in [3.05, 3.63) is 57.8 Å². The van der Waals surface area contributed by atoms with Crippen LogP contribution in [0.2, 0.25) is 0 Å². The fourth-order valence-corrected chi connectivity index (χ4v) is 3.10. The molecular weight excluding hydrogens is 324 g/mol. The number of hydrogen-bond donors (Lipinski definition) is 1. The van der Waals surface area contributed by atoms with Crippen LogP contribution in [0.4, 0.5) is 5.69 Å². The van der Waals surface area contributed by atoms with Gasteiger partial charge in [0.2, 0.25) is 0 Å². The summed E-state index contributed by atoms with van der Waals surface area (Å²) in [5.41, 5.74) is 1.01. The van der Waals surface area contributed by atoms with Crippen LogP contribution >= 0.6 is 27.3 Å². The molecule has 96 valence electrons. The number of thiophene rings is 1. The first kappa shape index (κ1) is 12.4. The van der Waals surface area contributed by atoms with Crippen LogP contribution in [0, 0.1) is 0 Å². The lowest BCUT2D eigenvalue weighted by Gasteiger charge is -2.06. The molecule has 0 aliphatic rings. The molecule has 0 saturated carbocycles. The van der Waals surface area contributed by atoms with Gasteiger partial charge in [-0.2, -0.15) is 0 Å². The highest BCUT2D eigenvalue weighted by Gasteiger charge is 2.00. The van der Waals surface area contributed by atoms with Crippen LogP contribution in [0.1, 0.15) is 4.88 Å². The van der Waals surface area contributed by atoms with Gasteiger partial charge in [-0.15, -0.1) is 11.3 Å². The Hall–Kier alpha value is -1.66. The molecule has 0 radical (unpaired) electrons. The number of halogens is 1. The summed E-state index contributed by atoms with van der Waals surface area (Å²) in [6.07, 6.45) is 7.18. The zero-order valence-electron chi connectivity index (χ0n) is 9.95. The summed E-state index contributed by atoms with van der Waals surface area (Å²) in [5, 5.41) is 3.35. The van der Waals surface area contributed by atoms with Crippen molar-refractivity contribution in [3.63, 3.8) is 0 Å². The third-order valence-corrected chi connectivity index (χ3v) is 4.24. The van der Waals surface area contributed by atoms with Gasteiger partial charge in [0, 0.05) is 23.8 Å². The van der Waals surface area contributed by atoms with Crippen molar-refractivity contribution in [1.29, 1.82) is 0 Å². The number of hydrogen-bond acceptors (Lipinski definition) is 4. The molecule has 3 heterocycles. The predicted octanol–water partition coefficient (Wildman–Crippen LogP) is 3.70. The first-order valence-corrected chi connectivity index (χ1v) is 7.35. The van der Waals surface area contributed by atoms with E-state index in [4.69, 9.17) is 0 Å². The van der Waals surface area contributed by atoms with E-state index in [-0.39, 0.29) is 0 Å². The largest absolute Gasteiger partial charge is 0.379 e. The van der Waals surface area contributed by atoms with E-state index in [9.17, 15) is 0 Å². The van der Waals surface area contributed by atoms with Gasteiger partial charge in [0.05, 0.1) is 15.7 Å². The highest BCUT2D eigenvalue weighted by Crippen LogP contribution is 2.22. The quantitative estimate of drug-likeness (QED) is 0.790. The molecule has 19 heavy (non-hydrogen) atoms. The molecule has 6 heteroatoms. The maximum atomic E-state index is 4.39. The molecule has 0 fully saturated rings. The highest BCUT2D eigenvalue weighted by atomic mass is 79.9. The standard InChI is InChI=1S/C13H11BrN4S/c14-12-3-2-11(19-12)8-16-10-1-4-13(17-7-10)18-6-5-15-9-18/h1-7,9,16H,8H2. The predicted molar refractivity (Wildman–Crippen MR) is 80.7 cm³/mol. The Bertz CT molecular complexity index is 646. The third-order valence-electron chi connectivity index (χ3n) is 2.61. The maximum absolute atomic E-state index is 4.39. The Morgan fingerprint density at radius 1 is 1.26 bits per heavy atom. The Morgan fingerprint density at radius 2 is 2.21 bits per heavy atom. The van der Waals surface area contributed by atoms with Crippen molar-refractivity contribution in [2.75, 3.05) is 5.32 Å². The van der Waals surface area contributed by atoms with Gasteiger partial charge in [0.25, 0.3) is 0 Å². The minimum Gasteiger partial charge on any atom is -0.379 e. The van der Waals surface area contributed by atoms with E-state index >= 15 is 0 Å². The fraction of sp³-hybridized carbons (Fsp3) is 0.0769. The lowest BCUT2D eigenvalue weighted by Crippen LogP contribution is -1.99. The van der Waals surface area contributed by atoms with Crippen LogP contribution in [0.15, 0.2) is 53.0 Å². The first-order valence-electron chi connectivity index (χ1n) is 5.74. The molecule has 1 N–H and O–H groups in total. The molecule has 0 aliphatic heterocycles. The SMILES string of the molecule is Brc1ccc(CNc2ccc(-n3ccnc3)nc2)s1. The monoisotopic (exact) mass is 334 g/mol. The van der Waals surface area contributed by atoms with Crippen molar-refractivity contribution in [3.8, 4) is 5.82 Å². The van der Waals surface area contributed by atoms with E-state index in [2.05, 4.69) is 43.3 Å². The Morgan fingerprint density at radius 3 is 2.84 bits per heavy atom. The molecule has 3 rings (SSSR count). The van der Waals surface area contributed by atoms with E-state index in [1.54, 1.807) is 23.9 Å². The lowest BCUT2D eigenvalue weighted by atomic mass is 10.4. The Balaban J connectivity index is 1.66. The second-order valence-corrected chi connectivity index (χ2v) is 6.48. The molecule has 3 aromatic heterocycles. The molecule has 0 unspecified atom stereocenters. The van der Waals surface area contributed by atoms with Crippen LogP contribution in [0.3, 0.4) is 0 Å². The zero-order chi connectivity index (χ0) is 13.1. The van der Waals surface area contributed by atoms with Crippen molar-refractivity contribution in [1.82, 2.24) is 14.5 Å². The molecule has 0 bridgehead atoms. The number of nitrogens with zero attached hydrogens (tertiary/aromatic N) is 3. The van der Waals surface area contributed by atoms with Gasteiger partial charge in [-0.25, -0.2) is 9.97 Å². The van der Waals surface area contributed by atoms with Crippen molar-refractivity contribution >= 4 is 33.0 Å². The summed E-state index contributed by atoms with van der Waals surface area (Å²) in [6, 6.07) is 8.15. The number of pyridine rings is 1. The summed E-state index contributed by atoms with van der Waals surface area (Å²) in [7, 11) is 0. The fourth-order valence-electron chi connectivity index (χ4n) is 1.67. The number of rotatable bonds is 4. The summed E-state index contributed by atoms with van der Waals surface area (Å²) < 4.78 is 3.03. The van der Waals surface area contributed by atoms with Crippen LogP contribution in [-0.4, -0.2) is 14.5 Å². The smallest absolute Gasteiger partial charge is 0.137 e. The first-order chi connectivity index (χ1) is 9.31. The normalized spacial score (nSPS) is 10.6. The Kier molecular flexibility index (Phi) is 3.61. The number of nitrogens with one attached hydrogen (secondary N) is 1. The van der Waals surface area contributed by atoms with Crippen LogP contribution in [0.25, 0.3) is 5.82 Å². The summed E-state index contributed by atoms with van der Waals surface area (Å²) in [6.45, 7) is 0.808. The third kappa shape index (κ3) is 3.02. The van der Waals surface area contributed by atoms with Gasteiger partial charge in [-0.1, -0.05) is 0 Å². The second-order valence-electron chi connectivity index (χ2n) is 3.93. The number of aromatic nitrogens is 3. The second kappa shape index (κ2) is 5.54. The average Bonchev–Trinajstić information content (AvgIpc) is 3.08. The van der Waals surface area contributed by atoms with Crippen LogP contribution < -0.4 is 5.32 Å². The van der Waals surface area contributed by atoms with E-state index in [1.165, 1.54) is 4.88 Å². The van der Waals surface area contributed by atoms with Gasteiger partial charge in [-0.05, 0) is 40.2 Å². The summed E-state index contributed by atoms with van der Waals surface area (Å²) in [5.74, 6) is 0.863. The molecule has 0 spiro atoms. The molecule has 0 aromatic carbocycles. The van der Waals surface area contributed by atoms with E-state index in [0.29, 0.717) is 0 Å². The minimum absolute atomic E-state index is 0.808. The van der Waals surface area contributed by atoms with Gasteiger partial charge < -0.3 is 5.32 Å². The molecule has 0 amide bonds. The topological polar surface area (TPSA) is 42.7 Å². The molecule has 4 nitrogen and oxygen atoms in total. The minimum atomic E-state index is 0.808. The molecule has 0 aliphatic carbocycles.